The molecule has 2 aromatic carbocycles. The summed E-state index contributed by atoms with van der Waals surface area (Å²) >= 11 is 0. The lowest BCUT2D eigenvalue weighted by molar-refractivity contribution is -0.384. The molecule has 0 aromatic heterocycles. The zero-order chi connectivity index (χ0) is 15.6. The van der Waals surface area contributed by atoms with E-state index in [2.05, 4.69) is 5.32 Å². The van der Waals surface area contributed by atoms with Crippen molar-refractivity contribution in [3.05, 3.63) is 63.2 Å². The van der Waals surface area contributed by atoms with Crippen LogP contribution in [-0.2, 0) is 0 Å². The number of nitrogens with one attached hydrogen (secondary N) is 1. The molecule has 2 aromatic rings. The van der Waals surface area contributed by atoms with Gasteiger partial charge in [-0.05, 0) is 24.6 Å². The molecule has 0 radical (unpaired) electrons. The zero-order valence-corrected chi connectivity index (χ0v) is 10.9. The molecule has 1 N–H and O–H groups in total. The van der Waals surface area contributed by atoms with Gasteiger partial charge in [0.15, 0.2) is 5.82 Å². The number of nitrogens with zero attached hydrogens (tertiary/aromatic N) is 2. The predicted octanol–water partition coefficient (Wildman–Crippen LogP) is 3.80. The van der Waals surface area contributed by atoms with Gasteiger partial charge < -0.3 is 5.32 Å². The maximum atomic E-state index is 13.9. The third kappa shape index (κ3) is 2.79. The number of halogens is 2. The average Bonchev–Trinajstić information content (AvgIpc) is 2.47. The van der Waals surface area contributed by atoms with E-state index in [0.29, 0.717) is 0 Å². The maximum Gasteiger partial charge on any atom is 0.270 e. The second-order valence-electron chi connectivity index (χ2n) is 4.28. The van der Waals surface area contributed by atoms with E-state index in [4.69, 9.17) is 5.26 Å². The van der Waals surface area contributed by atoms with Gasteiger partial charge in [0.1, 0.15) is 17.6 Å². The van der Waals surface area contributed by atoms with Gasteiger partial charge in [-0.15, -0.1) is 0 Å². The van der Waals surface area contributed by atoms with Gasteiger partial charge in [0, 0.05) is 12.1 Å². The van der Waals surface area contributed by atoms with Crippen molar-refractivity contribution >= 4 is 17.1 Å². The van der Waals surface area contributed by atoms with Crippen molar-refractivity contribution in [1.82, 2.24) is 0 Å². The van der Waals surface area contributed by atoms with E-state index in [-0.39, 0.29) is 22.5 Å². The van der Waals surface area contributed by atoms with E-state index in [1.165, 1.54) is 19.1 Å². The molecular weight excluding hydrogens is 280 g/mol. The number of nitriles is 1. The van der Waals surface area contributed by atoms with Crippen LogP contribution in [0, 0.1) is 40.0 Å². The zero-order valence-electron chi connectivity index (χ0n) is 10.9. The van der Waals surface area contributed by atoms with E-state index in [9.17, 15) is 18.9 Å². The van der Waals surface area contributed by atoms with E-state index in [1.807, 2.05) is 0 Å². The number of benzene rings is 2. The minimum atomic E-state index is -0.819. The first kappa shape index (κ1) is 14.4. The molecule has 21 heavy (non-hydrogen) atoms. The molecule has 0 aliphatic heterocycles. The molecule has 0 atom stereocenters. The highest BCUT2D eigenvalue weighted by Gasteiger charge is 2.15. The highest BCUT2D eigenvalue weighted by atomic mass is 19.1. The fraction of sp³-hybridized carbons (Fsp3) is 0.0714. The Morgan fingerprint density at radius 2 is 2.00 bits per heavy atom. The Kier molecular flexibility index (Phi) is 3.80. The van der Waals surface area contributed by atoms with Gasteiger partial charge >= 0.3 is 0 Å². The number of nitro groups is 1. The molecular formula is C14H9F2N3O2. The molecule has 0 amide bonds. The Bertz CT molecular complexity index is 770. The quantitative estimate of drug-likeness (QED) is 0.688. The summed E-state index contributed by atoms with van der Waals surface area (Å²) in [5.74, 6) is -1.60. The summed E-state index contributed by atoms with van der Waals surface area (Å²) in [7, 11) is 0. The standard InChI is InChI=1S/C14H9F2N3O2/c1-8-2-4-11(15)14(13(8)16)18-12-5-3-10(19(20)21)6-9(12)7-17/h2-6,18H,1H3. The molecule has 7 heteroatoms. The molecule has 0 saturated carbocycles. The number of anilines is 2. The molecule has 5 nitrogen and oxygen atoms in total. The van der Waals surface area contributed by atoms with Crippen LogP contribution in [0.1, 0.15) is 11.1 Å². The molecule has 0 spiro atoms. The van der Waals surface area contributed by atoms with Crippen molar-refractivity contribution in [3.63, 3.8) is 0 Å². The van der Waals surface area contributed by atoms with Crippen LogP contribution in [0.5, 0.6) is 0 Å². The second-order valence-corrected chi connectivity index (χ2v) is 4.28. The summed E-state index contributed by atoms with van der Waals surface area (Å²) < 4.78 is 27.6. The second kappa shape index (κ2) is 5.54. The van der Waals surface area contributed by atoms with Gasteiger partial charge in [0.05, 0.1) is 16.2 Å². The third-order valence-corrected chi connectivity index (χ3v) is 2.88. The summed E-state index contributed by atoms with van der Waals surface area (Å²) in [6.45, 7) is 1.47. The van der Waals surface area contributed by atoms with Crippen LogP contribution in [0.4, 0.5) is 25.8 Å². The van der Waals surface area contributed by atoms with Crippen molar-refractivity contribution in [2.75, 3.05) is 5.32 Å². The molecule has 0 heterocycles. The highest BCUT2D eigenvalue weighted by molar-refractivity contribution is 5.69. The summed E-state index contributed by atoms with van der Waals surface area (Å²) in [4.78, 5) is 9.99. The molecule has 0 saturated heterocycles. The monoisotopic (exact) mass is 289 g/mol. The maximum absolute atomic E-state index is 13.9. The lowest BCUT2D eigenvalue weighted by Crippen LogP contribution is -2.01. The van der Waals surface area contributed by atoms with Gasteiger partial charge in [-0.25, -0.2) is 8.78 Å². The summed E-state index contributed by atoms with van der Waals surface area (Å²) in [5.41, 5.74) is -0.432. The lowest BCUT2D eigenvalue weighted by atomic mass is 10.1. The average molecular weight is 289 g/mol. The fourth-order valence-electron chi connectivity index (χ4n) is 1.75. The van der Waals surface area contributed by atoms with Crippen LogP contribution in [0.3, 0.4) is 0 Å². The van der Waals surface area contributed by atoms with Crippen LogP contribution < -0.4 is 5.32 Å². The van der Waals surface area contributed by atoms with Crippen molar-refractivity contribution in [2.24, 2.45) is 0 Å². The Morgan fingerprint density at radius 3 is 2.62 bits per heavy atom. The van der Waals surface area contributed by atoms with Crippen LogP contribution in [-0.4, -0.2) is 4.92 Å². The van der Waals surface area contributed by atoms with E-state index in [1.54, 1.807) is 6.07 Å². The number of rotatable bonds is 3. The molecule has 0 fully saturated rings. The van der Waals surface area contributed by atoms with Crippen LogP contribution in [0.2, 0.25) is 0 Å². The number of hydrogen-bond acceptors (Lipinski definition) is 4. The summed E-state index contributed by atoms with van der Waals surface area (Å²) in [5, 5.41) is 22.1. The Labute approximate surface area is 118 Å². The smallest absolute Gasteiger partial charge is 0.270 e. The third-order valence-electron chi connectivity index (χ3n) is 2.88. The summed E-state index contributed by atoms with van der Waals surface area (Å²) in [6.07, 6.45) is 0. The topological polar surface area (TPSA) is 79.0 Å². The minimum Gasteiger partial charge on any atom is -0.350 e. The number of hydrogen-bond donors (Lipinski definition) is 1. The summed E-state index contributed by atoms with van der Waals surface area (Å²) in [6, 6.07) is 7.55. The molecule has 0 aliphatic carbocycles. The van der Waals surface area contributed by atoms with Crippen LogP contribution in [0.25, 0.3) is 0 Å². The van der Waals surface area contributed by atoms with Gasteiger partial charge in [-0.1, -0.05) is 6.07 Å². The molecule has 0 bridgehead atoms. The first-order valence-corrected chi connectivity index (χ1v) is 5.84. The van der Waals surface area contributed by atoms with Gasteiger partial charge in [0.2, 0.25) is 0 Å². The van der Waals surface area contributed by atoms with Crippen molar-refractivity contribution < 1.29 is 13.7 Å². The molecule has 0 unspecified atom stereocenters. The fourth-order valence-corrected chi connectivity index (χ4v) is 1.75. The van der Waals surface area contributed by atoms with Gasteiger partial charge in [-0.3, -0.25) is 10.1 Å². The first-order chi connectivity index (χ1) is 9.93. The number of non-ortho nitro benzene ring substituents is 1. The molecule has 106 valence electrons. The van der Waals surface area contributed by atoms with Crippen LogP contribution >= 0.6 is 0 Å². The Hall–Kier alpha value is -3.01. The van der Waals surface area contributed by atoms with E-state index in [0.717, 1.165) is 18.2 Å². The molecule has 0 aliphatic rings. The van der Waals surface area contributed by atoms with Crippen LogP contribution in [0.15, 0.2) is 30.3 Å². The predicted molar refractivity (Wildman–Crippen MR) is 72.2 cm³/mol. The van der Waals surface area contributed by atoms with Gasteiger partial charge in [0.25, 0.3) is 5.69 Å². The molecule has 2 rings (SSSR count). The highest BCUT2D eigenvalue weighted by Crippen LogP contribution is 2.29. The number of nitro benzene ring substituents is 1. The van der Waals surface area contributed by atoms with Crippen molar-refractivity contribution in [2.45, 2.75) is 6.92 Å². The normalized spacial score (nSPS) is 10.0. The minimum absolute atomic E-state index is 0.0792. The van der Waals surface area contributed by atoms with Crippen molar-refractivity contribution in [3.8, 4) is 6.07 Å². The lowest BCUT2D eigenvalue weighted by Gasteiger charge is -2.11. The first-order valence-electron chi connectivity index (χ1n) is 5.84. The van der Waals surface area contributed by atoms with Gasteiger partial charge in [-0.2, -0.15) is 5.26 Å². The Morgan fingerprint density at radius 1 is 1.29 bits per heavy atom. The van der Waals surface area contributed by atoms with E-state index >= 15 is 0 Å². The Balaban J connectivity index is 2.48. The van der Waals surface area contributed by atoms with Crippen molar-refractivity contribution in [1.29, 1.82) is 5.26 Å². The largest absolute Gasteiger partial charge is 0.350 e. The van der Waals surface area contributed by atoms with E-state index < -0.39 is 22.2 Å². The number of aryl methyl sites for hydroxylation is 1. The SMILES string of the molecule is Cc1ccc(F)c(Nc2ccc([N+](=O)[O-])cc2C#N)c1F.